The molecule has 5 rings (SSSR count). The van der Waals surface area contributed by atoms with Crippen LogP contribution in [-0.4, -0.2) is 42.1 Å². The molecule has 0 bridgehead atoms. The first-order chi connectivity index (χ1) is 19.6. The van der Waals surface area contributed by atoms with E-state index in [4.69, 9.17) is 42.1 Å². The van der Waals surface area contributed by atoms with Crippen LogP contribution in [0.1, 0.15) is 42.2 Å². The lowest BCUT2D eigenvalue weighted by molar-refractivity contribution is -0.147. The Morgan fingerprint density at radius 1 is 1.05 bits per heavy atom. The second-order valence-corrected chi connectivity index (χ2v) is 10.8. The van der Waals surface area contributed by atoms with E-state index in [1.165, 1.54) is 12.0 Å². The molecule has 2 unspecified atom stereocenters. The van der Waals surface area contributed by atoms with Crippen molar-refractivity contribution in [3.8, 4) is 11.5 Å². The van der Waals surface area contributed by atoms with Crippen LogP contribution >= 0.6 is 23.2 Å². The highest BCUT2D eigenvalue weighted by Crippen LogP contribution is 2.40. The molecule has 0 spiro atoms. The van der Waals surface area contributed by atoms with Crippen LogP contribution < -0.4 is 14.8 Å². The molecule has 2 heterocycles. The summed E-state index contributed by atoms with van der Waals surface area (Å²) >= 11 is 12.0. The Hall–Kier alpha value is -3.95. The minimum absolute atomic E-state index is 0.126. The maximum atomic E-state index is 13.0. The highest BCUT2D eigenvalue weighted by atomic mass is 35.5. The number of methoxy groups -OCH3 is 1. The Morgan fingerprint density at radius 2 is 1.80 bits per heavy atom. The van der Waals surface area contributed by atoms with Gasteiger partial charge < -0.3 is 24.3 Å². The van der Waals surface area contributed by atoms with Crippen LogP contribution in [0.2, 0.25) is 10.0 Å². The van der Waals surface area contributed by atoms with E-state index in [0.29, 0.717) is 39.4 Å². The van der Waals surface area contributed by atoms with Crippen molar-refractivity contribution in [1.29, 1.82) is 0 Å². The molecular weight excluding hydrogens is 571 g/mol. The summed E-state index contributed by atoms with van der Waals surface area (Å²) in [5, 5.41) is 3.84. The first-order valence-corrected chi connectivity index (χ1v) is 13.7. The summed E-state index contributed by atoms with van der Waals surface area (Å²) in [6.07, 6.45) is -1.63. The molecule has 0 aliphatic carbocycles. The number of carbonyl (C=O) groups excluding carboxylic acids is 3. The van der Waals surface area contributed by atoms with Crippen molar-refractivity contribution in [1.82, 2.24) is 4.90 Å². The number of benzene rings is 3. The highest BCUT2D eigenvalue weighted by molar-refractivity contribution is 6.42. The molecule has 1 N–H and O–H groups in total. The molecule has 11 heteroatoms. The standard InChI is InChI=1S/C30H28Cl2N2O7/c1-16(2)40-30(37)34-14-20-13-26-24(11-19(20)12-25(34)29(36)38-3)33-28(35)27(41-26)18-5-7-21(8-6-18)39-15-17-4-9-22(31)23(32)10-17/h4-11,13,16,25,27H,12,14-15H2,1-3H3,(H,33,35). The fraction of sp³-hybridized carbons (Fsp3) is 0.300. The van der Waals surface area contributed by atoms with E-state index in [0.717, 1.165) is 16.7 Å². The lowest BCUT2D eigenvalue weighted by Gasteiger charge is -2.36. The molecule has 3 aromatic rings. The van der Waals surface area contributed by atoms with Crippen molar-refractivity contribution in [2.24, 2.45) is 0 Å². The largest absolute Gasteiger partial charge is 0.489 e. The number of carbonyl (C=O) groups is 3. The van der Waals surface area contributed by atoms with Crippen molar-refractivity contribution in [3.63, 3.8) is 0 Å². The molecule has 2 amide bonds. The molecule has 2 aliphatic rings. The zero-order valence-electron chi connectivity index (χ0n) is 22.6. The number of amides is 2. The van der Waals surface area contributed by atoms with Crippen molar-refractivity contribution < 1.29 is 33.3 Å². The zero-order chi connectivity index (χ0) is 29.3. The van der Waals surface area contributed by atoms with Gasteiger partial charge in [-0.05, 0) is 66.9 Å². The van der Waals surface area contributed by atoms with Gasteiger partial charge in [0.15, 0.2) is 0 Å². The number of nitrogens with zero attached hydrogens (tertiary/aromatic N) is 1. The van der Waals surface area contributed by atoms with Gasteiger partial charge in [-0.25, -0.2) is 9.59 Å². The third-order valence-electron chi connectivity index (χ3n) is 6.79. The van der Waals surface area contributed by atoms with E-state index >= 15 is 0 Å². The minimum atomic E-state index is -0.891. The topological polar surface area (TPSA) is 103 Å². The molecule has 41 heavy (non-hydrogen) atoms. The highest BCUT2D eigenvalue weighted by Gasteiger charge is 2.38. The summed E-state index contributed by atoms with van der Waals surface area (Å²) in [6.45, 7) is 3.91. The SMILES string of the molecule is COC(=O)C1Cc2cc3c(cc2CN1C(=O)OC(C)C)OC(c1ccc(OCc2ccc(Cl)c(Cl)c2)cc1)C(=O)N3. The Bertz CT molecular complexity index is 1490. The van der Waals surface area contributed by atoms with Gasteiger partial charge in [0.1, 0.15) is 24.1 Å². The van der Waals surface area contributed by atoms with E-state index in [1.54, 1.807) is 62.4 Å². The quantitative estimate of drug-likeness (QED) is 0.342. The molecule has 2 atom stereocenters. The molecule has 0 radical (unpaired) electrons. The second-order valence-electron chi connectivity index (χ2n) is 10.0. The van der Waals surface area contributed by atoms with Crippen LogP contribution in [-0.2, 0) is 38.6 Å². The number of halogens is 2. The van der Waals surface area contributed by atoms with Crippen molar-refractivity contribution in [2.75, 3.05) is 12.4 Å². The van der Waals surface area contributed by atoms with Gasteiger partial charge in [0, 0.05) is 12.0 Å². The number of hydrogen-bond acceptors (Lipinski definition) is 7. The third-order valence-corrected chi connectivity index (χ3v) is 7.53. The van der Waals surface area contributed by atoms with Crippen LogP contribution in [0.5, 0.6) is 11.5 Å². The number of ether oxygens (including phenoxy) is 4. The summed E-state index contributed by atoms with van der Waals surface area (Å²) in [4.78, 5) is 39.6. The maximum Gasteiger partial charge on any atom is 0.411 e. The first-order valence-electron chi connectivity index (χ1n) is 13.0. The number of anilines is 1. The number of nitrogens with one attached hydrogen (secondary N) is 1. The number of fused-ring (bicyclic) bond motifs is 2. The Labute approximate surface area is 247 Å². The van der Waals surface area contributed by atoms with Crippen LogP contribution in [0.15, 0.2) is 54.6 Å². The van der Waals surface area contributed by atoms with Gasteiger partial charge in [0.2, 0.25) is 6.10 Å². The van der Waals surface area contributed by atoms with Gasteiger partial charge >= 0.3 is 12.1 Å². The van der Waals surface area contributed by atoms with Crippen molar-refractivity contribution in [3.05, 3.63) is 86.9 Å². The molecule has 0 aromatic heterocycles. The van der Waals surface area contributed by atoms with E-state index in [1.807, 2.05) is 6.07 Å². The van der Waals surface area contributed by atoms with Gasteiger partial charge in [0.25, 0.3) is 5.91 Å². The third kappa shape index (κ3) is 6.21. The first kappa shape index (κ1) is 28.6. The number of hydrogen-bond donors (Lipinski definition) is 1. The smallest absolute Gasteiger partial charge is 0.411 e. The summed E-state index contributed by atoms with van der Waals surface area (Å²) in [5.41, 5.74) is 3.59. The minimum Gasteiger partial charge on any atom is -0.489 e. The summed E-state index contributed by atoms with van der Waals surface area (Å²) < 4.78 is 22.3. The monoisotopic (exact) mass is 598 g/mol. The number of esters is 1. The molecule has 0 saturated carbocycles. The fourth-order valence-electron chi connectivity index (χ4n) is 4.75. The maximum absolute atomic E-state index is 13.0. The average molecular weight is 599 g/mol. The zero-order valence-corrected chi connectivity index (χ0v) is 24.1. The summed E-state index contributed by atoms with van der Waals surface area (Å²) in [6, 6.07) is 15.1. The van der Waals surface area contributed by atoms with E-state index < -0.39 is 24.2 Å². The normalized spacial score (nSPS) is 17.6. The van der Waals surface area contributed by atoms with Gasteiger partial charge in [-0.1, -0.05) is 41.4 Å². The van der Waals surface area contributed by atoms with E-state index in [2.05, 4.69) is 5.32 Å². The van der Waals surface area contributed by atoms with Crippen LogP contribution in [0.3, 0.4) is 0 Å². The predicted molar refractivity (Wildman–Crippen MR) is 152 cm³/mol. The predicted octanol–water partition coefficient (Wildman–Crippen LogP) is 6.09. The molecule has 3 aromatic carbocycles. The van der Waals surface area contributed by atoms with E-state index in [-0.39, 0.29) is 25.0 Å². The molecule has 0 fully saturated rings. The van der Waals surface area contributed by atoms with Crippen LogP contribution in [0.25, 0.3) is 0 Å². The lowest BCUT2D eigenvalue weighted by Crippen LogP contribution is -2.49. The van der Waals surface area contributed by atoms with Crippen molar-refractivity contribution >= 4 is 46.9 Å². The molecule has 9 nitrogen and oxygen atoms in total. The Kier molecular flexibility index (Phi) is 8.28. The van der Waals surface area contributed by atoms with Crippen molar-refractivity contribution in [2.45, 2.75) is 51.7 Å². The average Bonchev–Trinajstić information content (AvgIpc) is 2.95. The van der Waals surface area contributed by atoms with Gasteiger partial charge in [0.05, 0.1) is 35.5 Å². The summed E-state index contributed by atoms with van der Waals surface area (Å²) in [7, 11) is 1.28. The van der Waals surface area contributed by atoms with Gasteiger partial charge in [-0.15, -0.1) is 0 Å². The fourth-order valence-corrected chi connectivity index (χ4v) is 5.07. The molecular formula is C30H28Cl2N2O7. The lowest BCUT2D eigenvalue weighted by atomic mass is 9.92. The van der Waals surface area contributed by atoms with Gasteiger partial charge in [-0.2, -0.15) is 0 Å². The molecule has 2 aliphatic heterocycles. The van der Waals surface area contributed by atoms with Crippen LogP contribution in [0.4, 0.5) is 10.5 Å². The molecule has 0 saturated heterocycles. The molecule has 214 valence electrons. The summed E-state index contributed by atoms with van der Waals surface area (Å²) in [5.74, 6) is 0.198. The van der Waals surface area contributed by atoms with Crippen LogP contribution in [0, 0.1) is 0 Å². The van der Waals surface area contributed by atoms with E-state index in [9.17, 15) is 14.4 Å². The Balaban J connectivity index is 1.32. The number of rotatable bonds is 6. The van der Waals surface area contributed by atoms with Gasteiger partial charge in [-0.3, -0.25) is 9.69 Å². The Morgan fingerprint density at radius 3 is 2.49 bits per heavy atom. The second kappa shape index (κ2) is 11.9.